The number of thiophene rings is 1. The lowest BCUT2D eigenvalue weighted by molar-refractivity contribution is 1.23. The molecule has 0 unspecified atom stereocenters. The SMILES string of the molecule is Cc1ccc(C)c(-c2csc3c(Cl)ncnc23)c1. The minimum absolute atomic E-state index is 0.529. The summed E-state index contributed by atoms with van der Waals surface area (Å²) in [5, 5.41) is 2.63. The Morgan fingerprint density at radius 2 is 1.94 bits per heavy atom. The van der Waals surface area contributed by atoms with Crippen molar-refractivity contribution in [3.8, 4) is 11.1 Å². The van der Waals surface area contributed by atoms with Gasteiger partial charge in [0.05, 0.1) is 10.2 Å². The second-order valence-corrected chi connectivity index (χ2v) is 5.55. The number of benzene rings is 1. The van der Waals surface area contributed by atoms with Gasteiger partial charge in [0, 0.05) is 10.9 Å². The molecule has 1 aromatic carbocycles. The van der Waals surface area contributed by atoms with E-state index in [0.717, 1.165) is 15.8 Å². The monoisotopic (exact) mass is 274 g/mol. The van der Waals surface area contributed by atoms with Gasteiger partial charge in [-0.1, -0.05) is 35.4 Å². The first-order chi connectivity index (χ1) is 8.66. The molecule has 0 saturated carbocycles. The van der Waals surface area contributed by atoms with E-state index >= 15 is 0 Å². The van der Waals surface area contributed by atoms with Gasteiger partial charge in [0.1, 0.15) is 11.5 Å². The van der Waals surface area contributed by atoms with Crippen LogP contribution in [0.15, 0.2) is 29.9 Å². The Labute approximate surface area is 114 Å². The number of halogens is 1. The molecule has 90 valence electrons. The van der Waals surface area contributed by atoms with Crippen LogP contribution in [0.3, 0.4) is 0 Å². The molecule has 0 bridgehead atoms. The Morgan fingerprint density at radius 1 is 1.11 bits per heavy atom. The number of nitrogens with zero attached hydrogens (tertiary/aromatic N) is 2. The van der Waals surface area contributed by atoms with E-state index in [1.165, 1.54) is 23.0 Å². The zero-order valence-corrected chi connectivity index (χ0v) is 11.6. The lowest BCUT2D eigenvalue weighted by atomic mass is 10.00. The van der Waals surface area contributed by atoms with Gasteiger partial charge < -0.3 is 0 Å². The molecule has 3 rings (SSSR count). The number of rotatable bonds is 1. The van der Waals surface area contributed by atoms with Crippen LogP contribution in [-0.4, -0.2) is 9.97 Å². The van der Waals surface area contributed by atoms with Crippen molar-refractivity contribution in [2.45, 2.75) is 13.8 Å². The third-order valence-corrected chi connectivity index (χ3v) is 4.37. The van der Waals surface area contributed by atoms with Crippen molar-refractivity contribution in [2.75, 3.05) is 0 Å². The second-order valence-electron chi connectivity index (χ2n) is 4.31. The maximum Gasteiger partial charge on any atom is 0.150 e. The van der Waals surface area contributed by atoms with Crippen LogP contribution < -0.4 is 0 Å². The fourth-order valence-corrected chi connectivity index (χ4v) is 3.20. The quantitative estimate of drug-likeness (QED) is 0.605. The largest absolute Gasteiger partial charge is 0.235 e. The summed E-state index contributed by atoms with van der Waals surface area (Å²) in [6.07, 6.45) is 1.52. The molecule has 0 radical (unpaired) electrons. The summed E-state index contributed by atoms with van der Waals surface area (Å²) in [4.78, 5) is 8.38. The summed E-state index contributed by atoms with van der Waals surface area (Å²) in [5.74, 6) is 0. The predicted molar refractivity (Wildman–Crippen MR) is 77.3 cm³/mol. The molecule has 2 nitrogen and oxygen atoms in total. The summed E-state index contributed by atoms with van der Waals surface area (Å²) < 4.78 is 0.954. The molecule has 2 aromatic heterocycles. The third kappa shape index (κ3) is 1.80. The van der Waals surface area contributed by atoms with Crippen LogP contribution in [0, 0.1) is 13.8 Å². The number of fused-ring (bicyclic) bond motifs is 1. The molecule has 0 saturated heterocycles. The molecule has 0 amide bonds. The van der Waals surface area contributed by atoms with E-state index in [1.54, 1.807) is 11.3 Å². The predicted octanol–water partition coefficient (Wildman–Crippen LogP) is 4.63. The van der Waals surface area contributed by atoms with Gasteiger partial charge in [0.15, 0.2) is 0 Å². The summed E-state index contributed by atoms with van der Waals surface area (Å²) in [6.45, 7) is 4.21. The lowest BCUT2D eigenvalue weighted by Gasteiger charge is -2.05. The Balaban J connectivity index is 2.32. The fraction of sp³-hybridized carbons (Fsp3) is 0.143. The molecule has 0 aliphatic heterocycles. The molecule has 18 heavy (non-hydrogen) atoms. The average Bonchev–Trinajstić information content (AvgIpc) is 2.77. The molecule has 0 spiro atoms. The molecular formula is C14H11ClN2S. The summed E-state index contributed by atoms with van der Waals surface area (Å²) >= 11 is 7.68. The van der Waals surface area contributed by atoms with Gasteiger partial charge in [0.25, 0.3) is 0 Å². The van der Waals surface area contributed by atoms with Crippen molar-refractivity contribution < 1.29 is 0 Å². The highest BCUT2D eigenvalue weighted by molar-refractivity contribution is 7.18. The zero-order valence-electron chi connectivity index (χ0n) is 10.1. The molecule has 0 N–H and O–H groups in total. The molecule has 0 aliphatic rings. The summed E-state index contributed by atoms with van der Waals surface area (Å²) in [6, 6.07) is 6.44. The molecule has 0 fully saturated rings. The van der Waals surface area contributed by atoms with Gasteiger partial charge in [-0.15, -0.1) is 11.3 Å². The van der Waals surface area contributed by atoms with Crippen molar-refractivity contribution in [1.82, 2.24) is 9.97 Å². The first-order valence-electron chi connectivity index (χ1n) is 5.62. The van der Waals surface area contributed by atoms with Crippen LogP contribution >= 0.6 is 22.9 Å². The van der Waals surface area contributed by atoms with Crippen LogP contribution in [0.1, 0.15) is 11.1 Å². The van der Waals surface area contributed by atoms with Crippen LogP contribution in [0.4, 0.5) is 0 Å². The molecule has 0 aliphatic carbocycles. The van der Waals surface area contributed by atoms with Crippen molar-refractivity contribution in [1.29, 1.82) is 0 Å². The lowest BCUT2D eigenvalue weighted by Crippen LogP contribution is -1.86. The Bertz CT molecular complexity index is 734. The Hall–Kier alpha value is -1.45. The zero-order chi connectivity index (χ0) is 12.7. The van der Waals surface area contributed by atoms with E-state index in [2.05, 4.69) is 47.4 Å². The molecule has 3 aromatic rings. The third-order valence-electron chi connectivity index (χ3n) is 2.99. The highest BCUT2D eigenvalue weighted by Gasteiger charge is 2.12. The first-order valence-corrected chi connectivity index (χ1v) is 6.88. The normalized spacial score (nSPS) is 11.1. The number of aromatic nitrogens is 2. The summed E-state index contributed by atoms with van der Waals surface area (Å²) in [7, 11) is 0. The average molecular weight is 275 g/mol. The van der Waals surface area contributed by atoms with Crippen molar-refractivity contribution in [2.24, 2.45) is 0 Å². The Morgan fingerprint density at radius 3 is 2.78 bits per heavy atom. The van der Waals surface area contributed by atoms with Gasteiger partial charge in [-0.3, -0.25) is 0 Å². The number of hydrogen-bond donors (Lipinski definition) is 0. The number of hydrogen-bond acceptors (Lipinski definition) is 3. The molecular weight excluding hydrogens is 264 g/mol. The van der Waals surface area contributed by atoms with E-state index in [-0.39, 0.29) is 0 Å². The Kier molecular flexibility index (Phi) is 2.80. The van der Waals surface area contributed by atoms with Gasteiger partial charge in [-0.2, -0.15) is 0 Å². The minimum atomic E-state index is 0.529. The van der Waals surface area contributed by atoms with E-state index in [4.69, 9.17) is 11.6 Å². The van der Waals surface area contributed by atoms with E-state index in [0.29, 0.717) is 5.15 Å². The smallest absolute Gasteiger partial charge is 0.150 e. The maximum atomic E-state index is 6.09. The molecule has 2 heterocycles. The van der Waals surface area contributed by atoms with Crippen LogP contribution in [-0.2, 0) is 0 Å². The van der Waals surface area contributed by atoms with E-state index in [9.17, 15) is 0 Å². The van der Waals surface area contributed by atoms with Gasteiger partial charge in [-0.25, -0.2) is 9.97 Å². The van der Waals surface area contributed by atoms with Gasteiger partial charge in [0.2, 0.25) is 0 Å². The maximum absolute atomic E-state index is 6.09. The summed E-state index contributed by atoms with van der Waals surface area (Å²) in [5.41, 5.74) is 5.79. The second kappa shape index (κ2) is 4.34. The van der Waals surface area contributed by atoms with E-state index in [1.807, 2.05) is 0 Å². The molecule has 0 atom stereocenters. The topological polar surface area (TPSA) is 25.8 Å². The van der Waals surface area contributed by atoms with E-state index < -0.39 is 0 Å². The number of aryl methyl sites for hydroxylation is 2. The van der Waals surface area contributed by atoms with Crippen molar-refractivity contribution >= 4 is 33.2 Å². The first kappa shape index (κ1) is 11.6. The molecule has 4 heteroatoms. The van der Waals surface area contributed by atoms with Crippen molar-refractivity contribution in [3.05, 3.63) is 46.2 Å². The fourth-order valence-electron chi connectivity index (χ4n) is 2.04. The highest BCUT2D eigenvalue weighted by atomic mass is 35.5. The van der Waals surface area contributed by atoms with Crippen LogP contribution in [0.25, 0.3) is 21.3 Å². The van der Waals surface area contributed by atoms with Crippen LogP contribution in [0.2, 0.25) is 5.15 Å². The van der Waals surface area contributed by atoms with Crippen molar-refractivity contribution in [3.63, 3.8) is 0 Å². The van der Waals surface area contributed by atoms with Crippen LogP contribution in [0.5, 0.6) is 0 Å². The standard InChI is InChI=1S/C14H11ClN2S/c1-8-3-4-9(2)10(5-8)11-6-18-13-12(11)16-7-17-14(13)15/h3-7H,1-2H3. The highest BCUT2D eigenvalue weighted by Crippen LogP contribution is 2.36. The minimum Gasteiger partial charge on any atom is -0.235 e. The van der Waals surface area contributed by atoms with Gasteiger partial charge >= 0.3 is 0 Å². The van der Waals surface area contributed by atoms with Gasteiger partial charge in [-0.05, 0) is 25.0 Å².